The van der Waals surface area contributed by atoms with E-state index in [9.17, 15) is 5.11 Å². The number of aromatic nitrogens is 2. The van der Waals surface area contributed by atoms with Crippen LogP contribution in [0.1, 0.15) is 23.9 Å². The maximum absolute atomic E-state index is 9.67. The topological polar surface area (TPSA) is 74.4 Å². The van der Waals surface area contributed by atoms with Gasteiger partial charge in [-0.1, -0.05) is 35.5 Å². The van der Waals surface area contributed by atoms with E-state index in [2.05, 4.69) is 32.5 Å². The van der Waals surface area contributed by atoms with Crippen LogP contribution in [0, 0.1) is 0 Å². The molecule has 2 heterocycles. The van der Waals surface area contributed by atoms with Crippen molar-refractivity contribution >= 4 is 0 Å². The Labute approximate surface area is 123 Å². The molecule has 0 aliphatic carbocycles. The number of benzene rings is 1. The zero-order valence-corrected chi connectivity index (χ0v) is 11.9. The first kappa shape index (κ1) is 14.2. The van der Waals surface area contributed by atoms with Gasteiger partial charge in [0.15, 0.2) is 5.82 Å². The van der Waals surface area contributed by atoms with Crippen LogP contribution in [0.15, 0.2) is 41.2 Å². The average Bonchev–Trinajstić information content (AvgIpc) is 3.16. The van der Waals surface area contributed by atoms with Crippen LogP contribution in [0.3, 0.4) is 0 Å². The Bertz CT molecular complexity index is 532. The van der Waals surface area contributed by atoms with E-state index in [4.69, 9.17) is 4.52 Å². The van der Waals surface area contributed by atoms with Gasteiger partial charge in [0, 0.05) is 25.7 Å². The molecule has 1 aromatic carbocycles. The van der Waals surface area contributed by atoms with Crippen LogP contribution >= 0.6 is 0 Å². The number of hydrogen-bond acceptors (Lipinski definition) is 6. The third kappa shape index (κ3) is 3.87. The molecule has 21 heavy (non-hydrogen) atoms. The number of β-amino-alcohol motifs (C(OH)–C–C–N with tert-alkyl or cyclic N) is 1. The summed E-state index contributed by atoms with van der Waals surface area (Å²) in [4.78, 5) is 6.32. The molecule has 1 aromatic heterocycles. The lowest BCUT2D eigenvalue weighted by Gasteiger charge is -2.24. The predicted octanol–water partition coefficient (Wildman–Crippen LogP) is 0.967. The molecule has 1 fully saturated rings. The number of aliphatic hydroxyl groups excluding tert-OH is 1. The number of hydrogen-bond donors (Lipinski definition) is 2. The van der Waals surface area contributed by atoms with Crippen molar-refractivity contribution in [1.29, 1.82) is 0 Å². The minimum Gasteiger partial charge on any atom is -0.392 e. The Morgan fingerprint density at radius 3 is 2.90 bits per heavy atom. The molecule has 3 rings (SSSR count). The summed E-state index contributed by atoms with van der Waals surface area (Å²) in [6.07, 6.45) is 2.00. The summed E-state index contributed by atoms with van der Waals surface area (Å²) in [6.45, 7) is 3.10. The summed E-state index contributed by atoms with van der Waals surface area (Å²) in [5.41, 5.74) is 1.22. The summed E-state index contributed by atoms with van der Waals surface area (Å²) < 4.78 is 4.76. The smallest absolute Gasteiger partial charge is 0.213 e. The Morgan fingerprint density at radius 1 is 1.38 bits per heavy atom. The van der Waals surface area contributed by atoms with Crippen molar-refractivity contribution in [2.75, 3.05) is 19.6 Å². The fourth-order valence-corrected chi connectivity index (χ4v) is 2.69. The fourth-order valence-electron chi connectivity index (χ4n) is 2.69. The Kier molecular flexibility index (Phi) is 4.59. The van der Waals surface area contributed by atoms with E-state index in [0.717, 1.165) is 26.1 Å². The van der Waals surface area contributed by atoms with E-state index in [0.29, 0.717) is 12.4 Å². The van der Waals surface area contributed by atoms with E-state index in [1.54, 1.807) is 0 Å². The lowest BCUT2D eigenvalue weighted by atomic mass is 10.1. The summed E-state index contributed by atoms with van der Waals surface area (Å²) in [7, 11) is 0. The predicted molar refractivity (Wildman–Crippen MR) is 77.4 cm³/mol. The van der Waals surface area contributed by atoms with Gasteiger partial charge in [0.2, 0.25) is 6.39 Å². The summed E-state index contributed by atoms with van der Waals surface area (Å²) >= 11 is 0. The van der Waals surface area contributed by atoms with Gasteiger partial charge in [-0.25, -0.2) is 0 Å². The summed E-state index contributed by atoms with van der Waals surface area (Å²) in [5.74, 6) is 0.650. The van der Waals surface area contributed by atoms with Gasteiger partial charge in [0.25, 0.3) is 0 Å². The normalized spacial score (nSPS) is 20.7. The van der Waals surface area contributed by atoms with Gasteiger partial charge in [-0.2, -0.15) is 4.98 Å². The van der Waals surface area contributed by atoms with Crippen LogP contribution in [0.5, 0.6) is 0 Å². The quantitative estimate of drug-likeness (QED) is 0.825. The van der Waals surface area contributed by atoms with Gasteiger partial charge < -0.3 is 14.9 Å². The lowest BCUT2D eigenvalue weighted by molar-refractivity contribution is 0.172. The number of nitrogens with zero attached hydrogens (tertiary/aromatic N) is 3. The number of aliphatic hydroxyl groups is 1. The minimum atomic E-state index is -0.196. The van der Waals surface area contributed by atoms with Crippen molar-refractivity contribution in [3.05, 3.63) is 48.1 Å². The first-order valence-corrected chi connectivity index (χ1v) is 7.25. The third-order valence-electron chi connectivity index (χ3n) is 3.80. The van der Waals surface area contributed by atoms with Crippen molar-refractivity contribution < 1.29 is 9.63 Å². The minimum absolute atomic E-state index is 0.176. The SMILES string of the molecule is O[C@H]1CCN(CC(NCc2ncon2)c2ccccc2)C1. The van der Waals surface area contributed by atoms with Gasteiger partial charge in [-0.05, 0) is 12.0 Å². The van der Waals surface area contributed by atoms with Crippen molar-refractivity contribution in [1.82, 2.24) is 20.4 Å². The second kappa shape index (κ2) is 6.80. The van der Waals surface area contributed by atoms with Gasteiger partial charge in [0.1, 0.15) is 0 Å². The Morgan fingerprint density at radius 2 is 2.24 bits per heavy atom. The zero-order chi connectivity index (χ0) is 14.5. The molecule has 0 radical (unpaired) electrons. The summed E-state index contributed by atoms with van der Waals surface area (Å²) in [6, 6.07) is 10.5. The molecule has 0 spiro atoms. The second-order valence-electron chi connectivity index (χ2n) is 5.39. The largest absolute Gasteiger partial charge is 0.392 e. The van der Waals surface area contributed by atoms with Crippen LogP contribution in [0.2, 0.25) is 0 Å². The molecule has 1 saturated heterocycles. The number of rotatable bonds is 6. The molecule has 1 unspecified atom stereocenters. The highest BCUT2D eigenvalue weighted by Crippen LogP contribution is 2.18. The lowest BCUT2D eigenvalue weighted by Crippen LogP contribution is -2.34. The second-order valence-corrected chi connectivity index (χ2v) is 5.39. The van der Waals surface area contributed by atoms with Crippen LogP contribution in [0.4, 0.5) is 0 Å². The van der Waals surface area contributed by atoms with E-state index in [-0.39, 0.29) is 12.1 Å². The van der Waals surface area contributed by atoms with Crippen LogP contribution in [-0.2, 0) is 6.54 Å². The van der Waals surface area contributed by atoms with Crippen LogP contribution in [0.25, 0.3) is 0 Å². The molecule has 0 bridgehead atoms. The summed E-state index contributed by atoms with van der Waals surface area (Å²) in [5, 5.41) is 17.0. The van der Waals surface area contributed by atoms with Gasteiger partial charge in [-0.15, -0.1) is 0 Å². The fraction of sp³-hybridized carbons (Fsp3) is 0.467. The van der Waals surface area contributed by atoms with Gasteiger partial charge in [-0.3, -0.25) is 4.90 Å². The first-order valence-electron chi connectivity index (χ1n) is 7.25. The third-order valence-corrected chi connectivity index (χ3v) is 3.80. The zero-order valence-electron chi connectivity index (χ0n) is 11.9. The van der Waals surface area contributed by atoms with Crippen LogP contribution < -0.4 is 5.32 Å². The van der Waals surface area contributed by atoms with E-state index in [1.807, 2.05) is 18.2 Å². The molecular weight excluding hydrogens is 268 g/mol. The Hall–Kier alpha value is -1.76. The van der Waals surface area contributed by atoms with Crippen LogP contribution in [-0.4, -0.2) is 45.9 Å². The molecule has 6 nitrogen and oxygen atoms in total. The molecule has 112 valence electrons. The maximum Gasteiger partial charge on any atom is 0.213 e. The van der Waals surface area contributed by atoms with Crippen molar-refractivity contribution in [3.8, 4) is 0 Å². The van der Waals surface area contributed by atoms with Gasteiger partial charge >= 0.3 is 0 Å². The maximum atomic E-state index is 9.67. The molecule has 0 amide bonds. The highest BCUT2D eigenvalue weighted by atomic mass is 16.5. The Balaban J connectivity index is 1.65. The molecule has 0 saturated carbocycles. The average molecular weight is 288 g/mol. The molecule has 6 heteroatoms. The van der Waals surface area contributed by atoms with Crippen molar-refractivity contribution in [3.63, 3.8) is 0 Å². The van der Waals surface area contributed by atoms with Gasteiger partial charge in [0.05, 0.1) is 12.6 Å². The molecular formula is C15H20N4O2. The van der Waals surface area contributed by atoms with E-state index >= 15 is 0 Å². The molecule has 2 N–H and O–H groups in total. The monoisotopic (exact) mass is 288 g/mol. The number of likely N-dealkylation sites (tertiary alicyclic amines) is 1. The van der Waals surface area contributed by atoms with Crippen molar-refractivity contribution in [2.45, 2.75) is 25.1 Å². The van der Waals surface area contributed by atoms with E-state index < -0.39 is 0 Å². The molecule has 1 aliphatic rings. The highest BCUT2D eigenvalue weighted by Gasteiger charge is 2.23. The first-order chi connectivity index (χ1) is 10.3. The van der Waals surface area contributed by atoms with Crippen molar-refractivity contribution in [2.24, 2.45) is 0 Å². The molecule has 2 aromatic rings. The molecule has 2 atom stereocenters. The van der Waals surface area contributed by atoms with E-state index in [1.165, 1.54) is 12.0 Å². The molecule has 1 aliphatic heterocycles. The standard InChI is InChI=1S/C15H20N4O2/c20-13-6-7-19(9-13)10-14(12-4-2-1-3-5-12)16-8-15-17-11-21-18-15/h1-5,11,13-14,16,20H,6-10H2/t13-,14?/m0/s1. The number of nitrogens with one attached hydrogen (secondary N) is 1. The highest BCUT2D eigenvalue weighted by molar-refractivity contribution is 5.19.